The van der Waals surface area contributed by atoms with Crippen molar-refractivity contribution in [1.82, 2.24) is 0 Å². The Morgan fingerprint density at radius 1 is 1.10 bits per heavy atom. The Kier molecular flexibility index (Phi) is 6.72. The number of benzene rings is 2. The minimum absolute atomic E-state index is 0.294. The Balaban J connectivity index is 1.59. The summed E-state index contributed by atoms with van der Waals surface area (Å²) in [5, 5.41) is 2.78. The summed E-state index contributed by atoms with van der Waals surface area (Å²) < 4.78 is 15.9. The van der Waals surface area contributed by atoms with Gasteiger partial charge in [-0.2, -0.15) is 0 Å². The van der Waals surface area contributed by atoms with E-state index in [9.17, 15) is 9.59 Å². The molecule has 3 rings (SSSR count). The number of carbonyl (C=O) groups excluding carboxylic acids is 2. The van der Waals surface area contributed by atoms with E-state index in [2.05, 4.69) is 10.2 Å². The fraction of sp³-hybridized carbons (Fsp3) is 0.364. The number of anilines is 2. The van der Waals surface area contributed by atoms with Crippen LogP contribution in [0.4, 0.5) is 11.4 Å². The number of hydrogen-bond acceptors (Lipinski definition) is 6. The quantitative estimate of drug-likeness (QED) is 0.754. The Morgan fingerprint density at radius 3 is 2.45 bits per heavy atom. The summed E-state index contributed by atoms with van der Waals surface area (Å²) >= 11 is 0. The van der Waals surface area contributed by atoms with Gasteiger partial charge in [0.15, 0.2) is 6.10 Å². The summed E-state index contributed by atoms with van der Waals surface area (Å²) in [6.07, 6.45) is -0.952. The molecule has 2 aromatic rings. The monoisotopic (exact) mass is 398 g/mol. The molecule has 0 radical (unpaired) electrons. The van der Waals surface area contributed by atoms with Crippen LogP contribution in [0.1, 0.15) is 22.8 Å². The lowest BCUT2D eigenvalue weighted by atomic mass is 10.1. The lowest BCUT2D eigenvalue weighted by Crippen LogP contribution is -2.36. The van der Waals surface area contributed by atoms with Crippen LogP contribution in [0.25, 0.3) is 0 Å². The van der Waals surface area contributed by atoms with Gasteiger partial charge in [0.2, 0.25) is 0 Å². The van der Waals surface area contributed by atoms with Crippen LogP contribution in [0.5, 0.6) is 5.75 Å². The minimum atomic E-state index is -0.952. The van der Waals surface area contributed by atoms with E-state index in [-0.39, 0.29) is 0 Å². The van der Waals surface area contributed by atoms with Gasteiger partial charge in [-0.1, -0.05) is 11.6 Å². The van der Waals surface area contributed by atoms with Crippen molar-refractivity contribution in [3.05, 3.63) is 53.6 Å². The zero-order chi connectivity index (χ0) is 20.8. The number of rotatable bonds is 6. The van der Waals surface area contributed by atoms with Gasteiger partial charge in [-0.25, -0.2) is 4.79 Å². The van der Waals surface area contributed by atoms with Crippen LogP contribution >= 0.6 is 0 Å². The molecule has 0 unspecified atom stereocenters. The van der Waals surface area contributed by atoms with Crippen molar-refractivity contribution < 1.29 is 23.8 Å². The number of methoxy groups -OCH3 is 1. The Bertz CT molecular complexity index is 860. The van der Waals surface area contributed by atoms with Crippen molar-refractivity contribution in [2.75, 3.05) is 43.6 Å². The van der Waals surface area contributed by atoms with Crippen LogP contribution in [0.3, 0.4) is 0 Å². The van der Waals surface area contributed by atoms with Gasteiger partial charge < -0.3 is 24.4 Å². The maximum atomic E-state index is 12.5. The predicted octanol–water partition coefficient (Wildman–Crippen LogP) is 3.02. The predicted molar refractivity (Wildman–Crippen MR) is 111 cm³/mol. The van der Waals surface area contributed by atoms with E-state index >= 15 is 0 Å². The van der Waals surface area contributed by atoms with Gasteiger partial charge in [0.05, 0.1) is 20.3 Å². The molecule has 2 aromatic carbocycles. The second kappa shape index (κ2) is 9.43. The number of ether oxygens (including phenoxy) is 3. The zero-order valence-corrected chi connectivity index (χ0v) is 16.9. The van der Waals surface area contributed by atoms with Crippen LogP contribution < -0.4 is 15.0 Å². The second-order valence-corrected chi connectivity index (χ2v) is 6.89. The number of nitrogens with one attached hydrogen (secondary N) is 1. The molecule has 7 nitrogen and oxygen atoms in total. The molecule has 1 aliphatic heterocycles. The van der Waals surface area contributed by atoms with Gasteiger partial charge in [-0.05, 0) is 50.2 Å². The number of carbonyl (C=O) groups is 2. The molecule has 7 heteroatoms. The molecule has 1 aliphatic rings. The summed E-state index contributed by atoms with van der Waals surface area (Å²) in [6.45, 7) is 6.53. The number of hydrogen-bond donors (Lipinski definition) is 1. The van der Waals surface area contributed by atoms with Gasteiger partial charge in [0.25, 0.3) is 5.91 Å². The van der Waals surface area contributed by atoms with Crippen molar-refractivity contribution in [3.8, 4) is 5.75 Å². The molecule has 1 N–H and O–H groups in total. The normalized spacial score (nSPS) is 14.8. The first-order chi connectivity index (χ1) is 14.0. The first kappa shape index (κ1) is 20.7. The third-order valence-corrected chi connectivity index (χ3v) is 4.74. The molecule has 1 fully saturated rings. The summed E-state index contributed by atoms with van der Waals surface area (Å²) in [5.41, 5.74) is 2.91. The summed E-state index contributed by atoms with van der Waals surface area (Å²) in [6, 6.07) is 12.8. The van der Waals surface area contributed by atoms with Crippen molar-refractivity contribution in [1.29, 1.82) is 0 Å². The number of amides is 1. The molecule has 1 amide bonds. The molecule has 154 valence electrons. The highest BCUT2D eigenvalue weighted by atomic mass is 16.5. The van der Waals surface area contributed by atoms with Crippen LogP contribution in [-0.2, 0) is 14.3 Å². The van der Waals surface area contributed by atoms with Gasteiger partial charge in [-0.15, -0.1) is 0 Å². The number of nitrogens with zero attached hydrogens (tertiary/aromatic N) is 1. The van der Waals surface area contributed by atoms with Gasteiger partial charge in [0, 0.05) is 24.5 Å². The van der Waals surface area contributed by atoms with Crippen LogP contribution in [0, 0.1) is 6.92 Å². The average Bonchev–Trinajstić information content (AvgIpc) is 2.74. The first-order valence-electron chi connectivity index (χ1n) is 9.57. The molecule has 1 atom stereocenters. The molecular weight excluding hydrogens is 372 g/mol. The first-order valence-corrected chi connectivity index (χ1v) is 9.57. The highest BCUT2D eigenvalue weighted by Crippen LogP contribution is 2.22. The third-order valence-electron chi connectivity index (χ3n) is 4.74. The Hall–Kier alpha value is -3.06. The molecule has 0 bridgehead atoms. The Labute approximate surface area is 170 Å². The summed E-state index contributed by atoms with van der Waals surface area (Å²) in [4.78, 5) is 27.1. The molecule has 0 aliphatic carbocycles. The van der Waals surface area contributed by atoms with Gasteiger partial charge in [-0.3, -0.25) is 4.79 Å². The fourth-order valence-corrected chi connectivity index (χ4v) is 3.08. The summed E-state index contributed by atoms with van der Waals surface area (Å²) in [7, 11) is 1.48. The highest BCUT2D eigenvalue weighted by Gasteiger charge is 2.22. The van der Waals surface area contributed by atoms with E-state index in [4.69, 9.17) is 14.2 Å². The number of esters is 1. The molecular formula is C22H26N2O5. The topological polar surface area (TPSA) is 77.1 Å². The SMILES string of the molecule is COc1ccc(C)cc1C(=O)O[C@@H](C)C(=O)Nc1ccc(N2CCOCC2)cc1. The van der Waals surface area contributed by atoms with Crippen molar-refractivity contribution in [3.63, 3.8) is 0 Å². The van der Waals surface area contributed by atoms with E-state index in [1.807, 2.05) is 37.3 Å². The third kappa shape index (κ3) is 5.26. The maximum absolute atomic E-state index is 12.5. The fourth-order valence-electron chi connectivity index (χ4n) is 3.08. The van der Waals surface area contributed by atoms with Crippen molar-refractivity contribution in [2.24, 2.45) is 0 Å². The van der Waals surface area contributed by atoms with Crippen LogP contribution in [0.2, 0.25) is 0 Å². The Morgan fingerprint density at radius 2 is 1.79 bits per heavy atom. The summed E-state index contributed by atoms with van der Waals surface area (Å²) in [5.74, 6) is -0.591. The van der Waals surface area contributed by atoms with E-state index in [1.165, 1.54) is 14.0 Å². The number of aryl methyl sites for hydroxylation is 1. The lowest BCUT2D eigenvalue weighted by molar-refractivity contribution is -0.123. The second-order valence-electron chi connectivity index (χ2n) is 6.89. The van der Waals surface area contributed by atoms with E-state index in [0.29, 0.717) is 30.2 Å². The minimum Gasteiger partial charge on any atom is -0.496 e. The molecule has 0 aromatic heterocycles. The smallest absolute Gasteiger partial charge is 0.342 e. The molecule has 1 heterocycles. The zero-order valence-electron chi connectivity index (χ0n) is 16.9. The van der Waals surface area contributed by atoms with Gasteiger partial charge >= 0.3 is 5.97 Å². The van der Waals surface area contributed by atoms with Crippen LogP contribution in [-0.4, -0.2) is 51.4 Å². The highest BCUT2D eigenvalue weighted by molar-refractivity contribution is 5.98. The van der Waals surface area contributed by atoms with E-state index in [1.54, 1.807) is 12.1 Å². The molecule has 1 saturated heterocycles. The molecule has 29 heavy (non-hydrogen) atoms. The largest absolute Gasteiger partial charge is 0.496 e. The molecule has 0 spiro atoms. The lowest BCUT2D eigenvalue weighted by Gasteiger charge is -2.28. The van der Waals surface area contributed by atoms with Crippen molar-refractivity contribution >= 4 is 23.3 Å². The number of morpholine rings is 1. The van der Waals surface area contributed by atoms with E-state index in [0.717, 1.165) is 24.3 Å². The molecule has 0 saturated carbocycles. The average molecular weight is 398 g/mol. The van der Waals surface area contributed by atoms with Crippen LogP contribution in [0.15, 0.2) is 42.5 Å². The van der Waals surface area contributed by atoms with Gasteiger partial charge in [0.1, 0.15) is 11.3 Å². The maximum Gasteiger partial charge on any atom is 0.342 e. The van der Waals surface area contributed by atoms with Crippen molar-refractivity contribution in [2.45, 2.75) is 20.0 Å². The standard InChI is InChI=1S/C22H26N2O5/c1-15-4-9-20(27-3)19(14-15)22(26)29-16(2)21(25)23-17-5-7-18(8-6-17)24-10-12-28-13-11-24/h4-9,14,16H,10-13H2,1-3H3,(H,23,25)/t16-/m0/s1. The van der Waals surface area contributed by atoms with E-state index < -0.39 is 18.0 Å².